The van der Waals surface area contributed by atoms with Gasteiger partial charge in [-0.15, -0.1) is 0 Å². The number of hydrogen-bond donors (Lipinski definition) is 2. The van der Waals surface area contributed by atoms with E-state index in [4.69, 9.17) is 0 Å². The predicted octanol–water partition coefficient (Wildman–Crippen LogP) is 3.27. The normalized spacial score (nSPS) is 10.4. The highest BCUT2D eigenvalue weighted by atomic mass is 16.2. The number of fused-ring (bicyclic) bond motifs is 1. The van der Waals surface area contributed by atoms with E-state index >= 15 is 0 Å². The van der Waals surface area contributed by atoms with Crippen molar-refractivity contribution in [1.29, 1.82) is 0 Å². The first-order valence-corrected chi connectivity index (χ1v) is 8.16. The summed E-state index contributed by atoms with van der Waals surface area (Å²) in [7, 11) is 0. The van der Waals surface area contributed by atoms with Gasteiger partial charge in [0.2, 0.25) is 11.8 Å². The molecule has 2 N–H and O–H groups in total. The summed E-state index contributed by atoms with van der Waals surface area (Å²) in [6.45, 7) is 0.366. The van der Waals surface area contributed by atoms with Crippen LogP contribution in [0.1, 0.15) is 18.5 Å². The van der Waals surface area contributed by atoms with Crippen molar-refractivity contribution in [2.24, 2.45) is 0 Å². The van der Waals surface area contributed by atoms with Crippen LogP contribution in [0.4, 0.5) is 5.69 Å². The first kappa shape index (κ1) is 16.6. The Kier molecular flexibility index (Phi) is 5.36. The highest BCUT2D eigenvalue weighted by Gasteiger charge is 2.09. The van der Waals surface area contributed by atoms with E-state index in [1.165, 1.54) is 0 Å². The lowest BCUT2D eigenvalue weighted by molar-refractivity contribution is -0.124. The molecule has 0 aliphatic rings. The molecule has 5 nitrogen and oxygen atoms in total. The van der Waals surface area contributed by atoms with E-state index in [1.54, 1.807) is 6.20 Å². The van der Waals surface area contributed by atoms with Crippen molar-refractivity contribution in [2.75, 3.05) is 5.32 Å². The van der Waals surface area contributed by atoms with E-state index in [0.29, 0.717) is 6.54 Å². The lowest BCUT2D eigenvalue weighted by atomic mass is 10.1. The molecule has 0 fully saturated rings. The molecule has 0 bridgehead atoms. The van der Waals surface area contributed by atoms with Gasteiger partial charge in [0.1, 0.15) is 0 Å². The van der Waals surface area contributed by atoms with Gasteiger partial charge in [-0.3, -0.25) is 14.6 Å². The number of carbonyl (C=O) groups excluding carboxylic acids is 2. The van der Waals surface area contributed by atoms with Gasteiger partial charge < -0.3 is 10.6 Å². The number of pyridine rings is 1. The molecule has 25 heavy (non-hydrogen) atoms. The van der Waals surface area contributed by atoms with Gasteiger partial charge in [0.25, 0.3) is 0 Å². The molecule has 5 heteroatoms. The highest BCUT2D eigenvalue weighted by molar-refractivity contribution is 6.02. The van der Waals surface area contributed by atoms with Gasteiger partial charge >= 0.3 is 0 Å². The number of nitrogens with one attached hydrogen (secondary N) is 2. The number of hydrogen-bond acceptors (Lipinski definition) is 3. The van der Waals surface area contributed by atoms with Crippen LogP contribution < -0.4 is 10.6 Å². The number of aromatic nitrogens is 1. The lowest BCUT2D eigenvalue weighted by Crippen LogP contribution is -2.24. The molecule has 2 amide bonds. The van der Waals surface area contributed by atoms with Crippen LogP contribution in [0, 0.1) is 0 Å². The van der Waals surface area contributed by atoms with Gasteiger partial charge in [-0.1, -0.05) is 42.5 Å². The molecule has 0 aliphatic heterocycles. The minimum atomic E-state index is -0.177. The van der Waals surface area contributed by atoms with E-state index in [-0.39, 0.29) is 24.7 Å². The van der Waals surface area contributed by atoms with Crippen LogP contribution in [-0.2, 0) is 16.1 Å². The van der Waals surface area contributed by atoms with Crippen LogP contribution in [0.2, 0.25) is 0 Å². The molecular weight excluding hydrogens is 314 g/mol. The maximum Gasteiger partial charge on any atom is 0.224 e. The van der Waals surface area contributed by atoms with E-state index in [9.17, 15) is 9.59 Å². The molecule has 1 aromatic heterocycles. The zero-order valence-electron chi connectivity index (χ0n) is 13.7. The number of amides is 2. The summed E-state index contributed by atoms with van der Waals surface area (Å²) in [5.74, 6) is -0.344. The van der Waals surface area contributed by atoms with Crippen molar-refractivity contribution in [3.05, 3.63) is 72.6 Å². The monoisotopic (exact) mass is 333 g/mol. The van der Waals surface area contributed by atoms with E-state index in [0.717, 1.165) is 22.2 Å². The topological polar surface area (TPSA) is 71.1 Å². The van der Waals surface area contributed by atoms with Crippen LogP contribution in [0.25, 0.3) is 10.8 Å². The van der Waals surface area contributed by atoms with Crippen molar-refractivity contribution >= 4 is 28.3 Å². The van der Waals surface area contributed by atoms with Crippen molar-refractivity contribution in [1.82, 2.24) is 10.3 Å². The van der Waals surface area contributed by atoms with Crippen LogP contribution >= 0.6 is 0 Å². The zero-order valence-corrected chi connectivity index (χ0v) is 13.7. The van der Waals surface area contributed by atoms with Crippen LogP contribution in [0.15, 0.2) is 66.9 Å². The Hall–Kier alpha value is -3.21. The second kappa shape index (κ2) is 8.06. The molecule has 126 valence electrons. The number of rotatable bonds is 6. The smallest absolute Gasteiger partial charge is 0.224 e. The van der Waals surface area contributed by atoms with Gasteiger partial charge in [-0.2, -0.15) is 0 Å². The summed E-state index contributed by atoms with van der Waals surface area (Å²) in [5.41, 5.74) is 1.55. The fourth-order valence-corrected chi connectivity index (χ4v) is 2.55. The fourth-order valence-electron chi connectivity index (χ4n) is 2.55. The molecule has 0 saturated carbocycles. The maximum absolute atomic E-state index is 12.1. The molecule has 0 spiro atoms. The van der Waals surface area contributed by atoms with E-state index in [2.05, 4.69) is 15.6 Å². The molecular formula is C20H19N3O2. The van der Waals surface area contributed by atoms with Crippen molar-refractivity contribution in [3.63, 3.8) is 0 Å². The minimum absolute atomic E-state index is 0.136. The zero-order chi connectivity index (χ0) is 17.5. The first-order valence-electron chi connectivity index (χ1n) is 8.16. The molecule has 0 radical (unpaired) electrons. The average Bonchev–Trinajstić information content (AvgIpc) is 2.66. The minimum Gasteiger partial charge on any atom is -0.350 e. The number of benzene rings is 2. The SMILES string of the molecule is O=C(CCC(=O)Nc1cccc2ccccc12)NCc1ccccn1. The Labute approximate surface area is 146 Å². The predicted molar refractivity (Wildman–Crippen MR) is 97.9 cm³/mol. The van der Waals surface area contributed by atoms with E-state index in [1.807, 2.05) is 60.7 Å². The van der Waals surface area contributed by atoms with Crippen molar-refractivity contribution in [3.8, 4) is 0 Å². The Morgan fingerprint density at radius 2 is 1.60 bits per heavy atom. The summed E-state index contributed by atoms with van der Waals surface area (Å²) in [5, 5.41) is 7.70. The molecule has 0 atom stereocenters. The van der Waals surface area contributed by atoms with E-state index < -0.39 is 0 Å². The average molecular weight is 333 g/mol. The van der Waals surface area contributed by atoms with Gasteiger partial charge in [0, 0.05) is 30.1 Å². The molecule has 3 aromatic rings. The number of nitrogens with zero attached hydrogens (tertiary/aromatic N) is 1. The Balaban J connectivity index is 1.50. The number of carbonyl (C=O) groups is 2. The van der Waals surface area contributed by atoms with Crippen LogP contribution in [0.3, 0.4) is 0 Å². The quantitative estimate of drug-likeness (QED) is 0.727. The van der Waals surface area contributed by atoms with Gasteiger partial charge in [0.15, 0.2) is 0 Å². The third-order valence-corrected chi connectivity index (χ3v) is 3.84. The third kappa shape index (κ3) is 4.64. The largest absolute Gasteiger partial charge is 0.350 e. The standard InChI is InChI=1S/C20H19N3O2/c24-19(22-14-16-8-3-4-13-21-16)11-12-20(25)23-18-10-5-7-15-6-1-2-9-17(15)18/h1-10,13H,11-12,14H2,(H,22,24)(H,23,25). The lowest BCUT2D eigenvalue weighted by Gasteiger charge is -2.09. The molecule has 0 aliphatic carbocycles. The summed E-state index contributed by atoms with van der Waals surface area (Å²) >= 11 is 0. The third-order valence-electron chi connectivity index (χ3n) is 3.84. The number of anilines is 1. The first-order chi connectivity index (χ1) is 12.2. The van der Waals surface area contributed by atoms with Crippen molar-refractivity contribution < 1.29 is 9.59 Å². The van der Waals surface area contributed by atoms with Crippen LogP contribution in [-0.4, -0.2) is 16.8 Å². The molecule has 2 aromatic carbocycles. The molecule has 1 heterocycles. The Bertz CT molecular complexity index is 873. The Morgan fingerprint density at radius 1 is 0.840 bits per heavy atom. The second-order valence-electron chi connectivity index (χ2n) is 5.67. The van der Waals surface area contributed by atoms with Gasteiger partial charge in [-0.05, 0) is 23.6 Å². The maximum atomic E-state index is 12.1. The Morgan fingerprint density at radius 3 is 2.44 bits per heavy atom. The van der Waals surface area contributed by atoms with Crippen molar-refractivity contribution in [2.45, 2.75) is 19.4 Å². The van der Waals surface area contributed by atoms with Gasteiger partial charge in [-0.25, -0.2) is 0 Å². The molecule has 0 saturated heterocycles. The van der Waals surface area contributed by atoms with Crippen LogP contribution in [0.5, 0.6) is 0 Å². The summed E-state index contributed by atoms with van der Waals surface area (Å²) in [6.07, 6.45) is 1.96. The fraction of sp³-hybridized carbons (Fsp3) is 0.150. The summed E-state index contributed by atoms with van der Waals surface area (Å²) < 4.78 is 0. The summed E-state index contributed by atoms with van der Waals surface area (Å²) in [4.78, 5) is 28.1. The van der Waals surface area contributed by atoms with Gasteiger partial charge in [0.05, 0.1) is 12.2 Å². The highest BCUT2D eigenvalue weighted by Crippen LogP contribution is 2.23. The summed E-state index contributed by atoms with van der Waals surface area (Å²) in [6, 6.07) is 19.1. The molecule has 0 unspecified atom stereocenters. The molecule has 3 rings (SSSR count). The second-order valence-corrected chi connectivity index (χ2v) is 5.67.